The highest BCUT2D eigenvalue weighted by Gasteiger charge is 2.08. The van der Waals surface area contributed by atoms with Crippen molar-refractivity contribution in [1.29, 1.82) is 0 Å². The highest BCUT2D eigenvalue weighted by atomic mass is 32.2. The first kappa shape index (κ1) is 10.5. The Morgan fingerprint density at radius 3 is 2.62 bits per heavy atom. The van der Waals surface area contributed by atoms with E-state index in [9.17, 15) is 0 Å². The van der Waals surface area contributed by atoms with Gasteiger partial charge in [-0.2, -0.15) is 0 Å². The van der Waals surface area contributed by atoms with E-state index in [-0.39, 0.29) is 6.04 Å². The molecule has 1 rings (SSSR count). The molecule has 0 aromatic carbocycles. The summed E-state index contributed by atoms with van der Waals surface area (Å²) in [5, 5.41) is 1.61. The average Bonchev–Trinajstić information content (AvgIpc) is 2.03. The Bertz CT molecular complexity index is 271. The lowest BCUT2D eigenvalue weighted by Gasteiger charge is -2.12. The molecule has 0 aliphatic heterocycles. The van der Waals surface area contributed by atoms with Crippen molar-refractivity contribution in [1.82, 2.24) is 4.98 Å². The Morgan fingerprint density at radius 1 is 1.38 bits per heavy atom. The fourth-order valence-electron chi connectivity index (χ4n) is 1.07. The van der Waals surface area contributed by atoms with Gasteiger partial charge in [-0.3, -0.25) is 0 Å². The van der Waals surface area contributed by atoms with Crippen LogP contribution in [-0.2, 0) is 0 Å². The molecule has 0 saturated carbocycles. The Morgan fingerprint density at radius 2 is 2.08 bits per heavy atom. The van der Waals surface area contributed by atoms with Crippen molar-refractivity contribution < 1.29 is 0 Å². The Balaban J connectivity index is 2.91. The molecule has 2 N–H and O–H groups in total. The highest BCUT2D eigenvalue weighted by molar-refractivity contribution is 7.99. The Labute approximate surface area is 83.9 Å². The first-order valence-electron chi connectivity index (χ1n) is 4.48. The maximum Gasteiger partial charge on any atom is 0.101 e. The standard InChI is InChI=1S/C10H16N2S/c1-7(2)13-10-9(8(3)11)5-4-6-12-10/h4-8H,11H2,1-3H3/t8-/m0/s1. The number of hydrogen-bond acceptors (Lipinski definition) is 3. The predicted molar refractivity (Wildman–Crippen MR) is 57.8 cm³/mol. The summed E-state index contributed by atoms with van der Waals surface area (Å²) >= 11 is 1.76. The first-order chi connectivity index (χ1) is 6.11. The van der Waals surface area contributed by atoms with E-state index in [1.165, 1.54) is 0 Å². The summed E-state index contributed by atoms with van der Waals surface area (Å²) in [6, 6.07) is 4.04. The summed E-state index contributed by atoms with van der Waals surface area (Å²) in [4.78, 5) is 4.32. The average molecular weight is 196 g/mol. The van der Waals surface area contributed by atoms with Crippen LogP contribution >= 0.6 is 11.8 Å². The number of nitrogens with two attached hydrogens (primary N) is 1. The van der Waals surface area contributed by atoms with E-state index < -0.39 is 0 Å². The van der Waals surface area contributed by atoms with Gasteiger partial charge in [-0.1, -0.05) is 19.9 Å². The van der Waals surface area contributed by atoms with Crippen molar-refractivity contribution in [2.75, 3.05) is 0 Å². The number of thioether (sulfide) groups is 1. The van der Waals surface area contributed by atoms with Crippen LogP contribution in [0.3, 0.4) is 0 Å². The van der Waals surface area contributed by atoms with Gasteiger partial charge in [0.2, 0.25) is 0 Å². The number of nitrogens with zero attached hydrogens (tertiary/aromatic N) is 1. The largest absolute Gasteiger partial charge is 0.324 e. The quantitative estimate of drug-likeness (QED) is 0.755. The molecule has 0 aliphatic carbocycles. The summed E-state index contributed by atoms with van der Waals surface area (Å²) in [7, 11) is 0. The van der Waals surface area contributed by atoms with Crippen molar-refractivity contribution >= 4 is 11.8 Å². The van der Waals surface area contributed by atoms with E-state index in [2.05, 4.69) is 18.8 Å². The van der Waals surface area contributed by atoms with Crippen molar-refractivity contribution in [2.24, 2.45) is 5.73 Å². The van der Waals surface area contributed by atoms with Crippen LogP contribution in [0.1, 0.15) is 32.4 Å². The molecular formula is C10H16N2S. The third kappa shape index (κ3) is 3.01. The van der Waals surface area contributed by atoms with E-state index in [1.54, 1.807) is 11.8 Å². The lowest BCUT2D eigenvalue weighted by molar-refractivity contribution is 0.778. The van der Waals surface area contributed by atoms with Crippen LogP contribution in [0.15, 0.2) is 23.4 Å². The lowest BCUT2D eigenvalue weighted by atomic mass is 10.2. The summed E-state index contributed by atoms with van der Waals surface area (Å²) in [5.41, 5.74) is 6.98. The molecular weight excluding hydrogens is 180 g/mol. The van der Waals surface area contributed by atoms with Gasteiger partial charge < -0.3 is 5.73 Å². The van der Waals surface area contributed by atoms with Crippen molar-refractivity contribution in [3.05, 3.63) is 23.9 Å². The summed E-state index contributed by atoms with van der Waals surface area (Å²) in [6.07, 6.45) is 1.82. The van der Waals surface area contributed by atoms with Crippen LogP contribution in [0.25, 0.3) is 0 Å². The molecule has 72 valence electrons. The monoisotopic (exact) mass is 196 g/mol. The number of rotatable bonds is 3. The molecule has 0 spiro atoms. The van der Waals surface area contributed by atoms with Gasteiger partial charge in [-0.05, 0) is 13.0 Å². The molecule has 13 heavy (non-hydrogen) atoms. The van der Waals surface area contributed by atoms with Crippen LogP contribution in [0.2, 0.25) is 0 Å². The first-order valence-corrected chi connectivity index (χ1v) is 5.36. The second kappa shape index (κ2) is 4.63. The van der Waals surface area contributed by atoms with Gasteiger partial charge in [0.1, 0.15) is 5.03 Å². The van der Waals surface area contributed by atoms with Crippen LogP contribution in [-0.4, -0.2) is 10.2 Å². The van der Waals surface area contributed by atoms with Gasteiger partial charge in [0, 0.05) is 23.1 Å². The van der Waals surface area contributed by atoms with Gasteiger partial charge in [0.05, 0.1) is 0 Å². The SMILES string of the molecule is CC(C)Sc1ncccc1[C@H](C)N. The van der Waals surface area contributed by atoms with Gasteiger partial charge in [-0.15, -0.1) is 11.8 Å². The second-order valence-corrected chi connectivity index (χ2v) is 4.92. The minimum atomic E-state index is 0.0648. The second-order valence-electron chi connectivity index (χ2n) is 3.35. The zero-order valence-corrected chi connectivity index (χ0v) is 9.14. The molecule has 2 nitrogen and oxygen atoms in total. The molecule has 1 aromatic heterocycles. The molecule has 0 aliphatic rings. The molecule has 0 unspecified atom stereocenters. The van der Waals surface area contributed by atoms with E-state index in [1.807, 2.05) is 25.3 Å². The molecule has 1 heterocycles. The van der Waals surface area contributed by atoms with Crippen molar-refractivity contribution in [2.45, 2.75) is 37.1 Å². The molecule has 0 bridgehead atoms. The summed E-state index contributed by atoms with van der Waals surface area (Å²) in [6.45, 7) is 6.30. The minimum absolute atomic E-state index is 0.0648. The van der Waals surface area contributed by atoms with Crippen molar-refractivity contribution in [3.8, 4) is 0 Å². The maximum atomic E-state index is 5.84. The van der Waals surface area contributed by atoms with Crippen LogP contribution < -0.4 is 5.73 Å². The summed E-state index contributed by atoms with van der Waals surface area (Å²) in [5.74, 6) is 0. The van der Waals surface area contributed by atoms with Crippen LogP contribution in [0.5, 0.6) is 0 Å². The van der Waals surface area contributed by atoms with Gasteiger partial charge >= 0.3 is 0 Å². The Kier molecular flexibility index (Phi) is 3.75. The minimum Gasteiger partial charge on any atom is -0.324 e. The smallest absolute Gasteiger partial charge is 0.101 e. The van der Waals surface area contributed by atoms with Crippen molar-refractivity contribution in [3.63, 3.8) is 0 Å². The Hall–Kier alpha value is -0.540. The lowest BCUT2D eigenvalue weighted by Crippen LogP contribution is -2.07. The zero-order chi connectivity index (χ0) is 9.84. The number of hydrogen-bond donors (Lipinski definition) is 1. The van der Waals surface area contributed by atoms with Gasteiger partial charge in [0.15, 0.2) is 0 Å². The van der Waals surface area contributed by atoms with Crippen LogP contribution in [0.4, 0.5) is 0 Å². The van der Waals surface area contributed by atoms with E-state index in [4.69, 9.17) is 5.73 Å². The number of pyridine rings is 1. The molecule has 0 amide bonds. The van der Waals surface area contributed by atoms with Crippen LogP contribution in [0, 0.1) is 0 Å². The molecule has 1 atom stereocenters. The predicted octanol–water partition coefficient (Wildman–Crippen LogP) is 2.60. The van der Waals surface area contributed by atoms with E-state index in [0.717, 1.165) is 10.6 Å². The molecule has 0 fully saturated rings. The molecule has 0 radical (unpaired) electrons. The fraction of sp³-hybridized carbons (Fsp3) is 0.500. The number of aromatic nitrogens is 1. The highest BCUT2D eigenvalue weighted by Crippen LogP contribution is 2.26. The van der Waals surface area contributed by atoms with Gasteiger partial charge in [0.25, 0.3) is 0 Å². The van der Waals surface area contributed by atoms with E-state index >= 15 is 0 Å². The normalized spacial score (nSPS) is 13.3. The molecule has 1 aromatic rings. The molecule has 0 saturated heterocycles. The topological polar surface area (TPSA) is 38.9 Å². The maximum absolute atomic E-state index is 5.84. The third-order valence-electron chi connectivity index (χ3n) is 1.64. The molecule has 3 heteroatoms. The fourth-order valence-corrected chi connectivity index (χ4v) is 2.03. The van der Waals surface area contributed by atoms with E-state index in [0.29, 0.717) is 5.25 Å². The van der Waals surface area contributed by atoms with Gasteiger partial charge in [-0.25, -0.2) is 4.98 Å². The zero-order valence-electron chi connectivity index (χ0n) is 8.32. The third-order valence-corrected chi connectivity index (χ3v) is 2.67. The summed E-state index contributed by atoms with van der Waals surface area (Å²) < 4.78 is 0.